The van der Waals surface area contributed by atoms with E-state index in [1.807, 2.05) is 30.6 Å². The van der Waals surface area contributed by atoms with Crippen LogP contribution < -0.4 is 0 Å². The second kappa shape index (κ2) is 5.51. The number of aromatic nitrogens is 2. The molecule has 0 atom stereocenters. The molecule has 0 unspecified atom stereocenters. The van der Waals surface area contributed by atoms with E-state index in [0.29, 0.717) is 5.69 Å². The molecule has 1 heterocycles. The minimum atomic E-state index is 0.584. The van der Waals surface area contributed by atoms with Crippen LogP contribution >= 0.6 is 0 Å². The molecule has 0 radical (unpaired) electrons. The number of isocyanates is 1. The number of fused-ring (bicyclic) bond motifs is 1. The SMILES string of the molecule is O=C=Nc1ccc2c(c1)ncn2CCc1ccccc1. The molecule has 0 aliphatic heterocycles. The van der Waals surface area contributed by atoms with Crippen LogP contribution in [-0.4, -0.2) is 15.6 Å². The summed E-state index contributed by atoms with van der Waals surface area (Å²) in [5, 5.41) is 0. The van der Waals surface area contributed by atoms with Crippen LogP contribution in [0.3, 0.4) is 0 Å². The smallest absolute Gasteiger partial charge is 0.240 e. The Hall–Kier alpha value is -2.71. The summed E-state index contributed by atoms with van der Waals surface area (Å²) in [6.45, 7) is 0.872. The standard InChI is InChI=1S/C16H13N3O/c20-12-18-14-6-7-16-15(10-14)17-11-19(16)9-8-13-4-2-1-3-5-13/h1-7,10-11H,8-9H2. The van der Waals surface area contributed by atoms with Crippen LogP contribution in [0.2, 0.25) is 0 Å². The maximum Gasteiger partial charge on any atom is 0.240 e. The van der Waals surface area contributed by atoms with E-state index in [1.54, 1.807) is 18.2 Å². The average Bonchev–Trinajstić information content (AvgIpc) is 2.89. The van der Waals surface area contributed by atoms with Crippen LogP contribution in [-0.2, 0) is 17.8 Å². The van der Waals surface area contributed by atoms with Gasteiger partial charge in [0.2, 0.25) is 6.08 Å². The molecule has 1 aromatic heterocycles. The highest BCUT2D eigenvalue weighted by atomic mass is 16.1. The van der Waals surface area contributed by atoms with Crippen LogP contribution in [0.25, 0.3) is 11.0 Å². The zero-order valence-electron chi connectivity index (χ0n) is 10.9. The predicted molar refractivity (Wildman–Crippen MR) is 77.7 cm³/mol. The molecule has 0 saturated carbocycles. The highest BCUT2D eigenvalue weighted by Gasteiger charge is 2.03. The average molecular weight is 263 g/mol. The molecule has 2 aromatic carbocycles. The quantitative estimate of drug-likeness (QED) is 0.536. The molecule has 20 heavy (non-hydrogen) atoms. The zero-order valence-corrected chi connectivity index (χ0v) is 10.9. The van der Waals surface area contributed by atoms with E-state index < -0.39 is 0 Å². The normalized spacial score (nSPS) is 10.4. The van der Waals surface area contributed by atoms with Crippen LogP contribution in [0.4, 0.5) is 5.69 Å². The van der Waals surface area contributed by atoms with E-state index in [1.165, 1.54) is 5.56 Å². The molecule has 0 aliphatic carbocycles. The van der Waals surface area contributed by atoms with E-state index in [0.717, 1.165) is 24.0 Å². The van der Waals surface area contributed by atoms with E-state index in [9.17, 15) is 4.79 Å². The molecule has 0 N–H and O–H groups in total. The van der Waals surface area contributed by atoms with Crippen LogP contribution in [0.15, 0.2) is 59.9 Å². The molecular formula is C16H13N3O. The fourth-order valence-corrected chi connectivity index (χ4v) is 2.25. The summed E-state index contributed by atoms with van der Waals surface area (Å²) >= 11 is 0. The number of hydrogen-bond donors (Lipinski definition) is 0. The van der Waals surface area contributed by atoms with E-state index in [-0.39, 0.29) is 0 Å². The molecule has 3 rings (SSSR count). The minimum absolute atomic E-state index is 0.584. The lowest BCUT2D eigenvalue weighted by molar-refractivity contribution is 0.565. The fraction of sp³-hybridized carbons (Fsp3) is 0.125. The summed E-state index contributed by atoms with van der Waals surface area (Å²) in [7, 11) is 0. The Bertz CT molecular complexity index is 771. The second-order valence-electron chi connectivity index (χ2n) is 4.55. The van der Waals surface area contributed by atoms with Crippen LogP contribution in [0, 0.1) is 0 Å². The first-order valence-electron chi connectivity index (χ1n) is 6.43. The zero-order chi connectivity index (χ0) is 13.8. The van der Waals surface area contributed by atoms with E-state index >= 15 is 0 Å². The van der Waals surface area contributed by atoms with Gasteiger partial charge in [-0.05, 0) is 30.2 Å². The lowest BCUT2D eigenvalue weighted by Crippen LogP contribution is -1.99. The number of nitrogens with zero attached hydrogens (tertiary/aromatic N) is 3. The third-order valence-corrected chi connectivity index (χ3v) is 3.26. The van der Waals surface area contributed by atoms with Gasteiger partial charge in [0.1, 0.15) is 0 Å². The molecule has 0 fully saturated rings. The largest absolute Gasteiger partial charge is 0.330 e. The lowest BCUT2D eigenvalue weighted by atomic mass is 10.1. The van der Waals surface area contributed by atoms with E-state index in [2.05, 4.69) is 26.7 Å². The van der Waals surface area contributed by atoms with Crippen molar-refractivity contribution in [1.82, 2.24) is 9.55 Å². The number of aryl methyl sites for hydroxylation is 2. The summed E-state index contributed by atoms with van der Waals surface area (Å²) < 4.78 is 2.11. The maximum absolute atomic E-state index is 10.3. The second-order valence-corrected chi connectivity index (χ2v) is 4.55. The summed E-state index contributed by atoms with van der Waals surface area (Å²) in [5.41, 5.74) is 3.78. The van der Waals surface area contributed by atoms with Gasteiger partial charge in [-0.2, -0.15) is 4.99 Å². The molecule has 0 bridgehead atoms. The van der Waals surface area contributed by atoms with Gasteiger partial charge in [-0.15, -0.1) is 0 Å². The van der Waals surface area contributed by atoms with Gasteiger partial charge in [0.15, 0.2) is 0 Å². The molecule has 0 saturated heterocycles. The summed E-state index contributed by atoms with van der Waals surface area (Å²) in [6, 6.07) is 15.9. The van der Waals surface area contributed by atoms with Crippen molar-refractivity contribution in [1.29, 1.82) is 0 Å². The fourth-order valence-electron chi connectivity index (χ4n) is 2.25. The Morgan fingerprint density at radius 1 is 1.15 bits per heavy atom. The molecule has 4 nitrogen and oxygen atoms in total. The number of carbonyl (C=O) groups excluding carboxylic acids is 1. The Balaban J connectivity index is 1.84. The highest BCUT2D eigenvalue weighted by molar-refractivity contribution is 5.79. The number of aliphatic imine (C=N–C) groups is 1. The predicted octanol–water partition coefficient (Wildman–Crippen LogP) is 3.25. The topological polar surface area (TPSA) is 47.2 Å². The first-order valence-corrected chi connectivity index (χ1v) is 6.43. The van der Waals surface area contributed by atoms with Gasteiger partial charge in [-0.1, -0.05) is 30.3 Å². The van der Waals surface area contributed by atoms with Crippen molar-refractivity contribution < 1.29 is 4.79 Å². The van der Waals surface area contributed by atoms with Crippen molar-refractivity contribution in [2.45, 2.75) is 13.0 Å². The highest BCUT2D eigenvalue weighted by Crippen LogP contribution is 2.20. The summed E-state index contributed by atoms with van der Waals surface area (Å²) in [6.07, 6.45) is 4.32. The molecule has 3 aromatic rings. The number of rotatable bonds is 4. The van der Waals surface area contributed by atoms with Gasteiger partial charge >= 0.3 is 0 Å². The van der Waals surface area contributed by atoms with Crippen molar-refractivity contribution in [3.8, 4) is 0 Å². The van der Waals surface area contributed by atoms with Gasteiger partial charge in [-0.3, -0.25) is 0 Å². The first kappa shape index (κ1) is 12.3. The van der Waals surface area contributed by atoms with Gasteiger partial charge < -0.3 is 4.57 Å². The van der Waals surface area contributed by atoms with E-state index in [4.69, 9.17) is 0 Å². The molecule has 98 valence electrons. The Kier molecular flexibility index (Phi) is 3.40. The third-order valence-electron chi connectivity index (χ3n) is 3.26. The number of benzene rings is 2. The Morgan fingerprint density at radius 2 is 2.00 bits per heavy atom. The maximum atomic E-state index is 10.3. The van der Waals surface area contributed by atoms with Crippen molar-refractivity contribution in [3.63, 3.8) is 0 Å². The van der Waals surface area contributed by atoms with Gasteiger partial charge in [0.05, 0.1) is 23.0 Å². The summed E-state index contributed by atoms with van der Waals surface area (Å²) in [4.78, 5) is 18.2. The number of hydrogen-bond acceptors (Lipinski definition) is 3. The van der Waals surface area contributed by atoms with Crippen molar-refractivity contribution >= 4 is 22.8 Å². The Labute approximate surface area is 116 Å². The first-order chi connectivity index (χ1) is 9.86. The molecular weight excluding hydrogens is 250 g/mol. The molecule has 4 heteroatoms. The minimum Gasteiger partial charge on any atom is -0.330 e. The van der Waals surface area contributed by atoms with Crippen LogP contribution in [0.1, 0.15) is 5.56 Å². The van der Waals surface area contributed by atoms with Crippen molar-refractivity contribution in [2.75, 3.05) is 0 Å². The van der Waals surface area contributed by atoms with Gasteiger partial charge in [0, 0.05) is 6.54 Å². The van der Waals surface area contributed by atoms with Crippen molar-refractivity contribution in [2.24, 2.45) is 4.99 Å². The van der Waals surface area contributed by atoms with Gasteiger partial charge in [0.25, 0.3) is 0 Å². The lowest BCUT2D eigenvalue weighted by Gasteiger charge is -2.04. The third kappa shape index (κ3) is 2.51. The summed E-state index contributed by atoms with van der Waals surface area (Å²) in [5.74, 6) is 0. The molecule has 0 aliphatic rings. The molecule has 0 amide bonds. The Morgan fingerprint density at radius 3 is 2.80 bits per heavy atom. The van der Waals surface area contributed by atoms with Gasteiger partial charge in [-0.25, -0.2) is 9.78 Å². The monoisotopic (exact) mass is 263 g/mol. The van der Waals surface area contributed by atoms with Crippen molar-refractivity contribution in [3.05, 3.63) is 60.4 Å². The molecule has 0 spiro atoms. The van der Waals surface area contributed by atoms with Crippen LogP contribution in [0.5, 0.6) is 0 Å². The number of imidazole rings is 1.